The van der Waals surface area contributed by atoms with Gasteiger partial charge in [-0.2, -0.15) is 0 Å². The van der Waals surface area contributed by atoms with Gasteiger partial charge in [-0.3, -0.25) is 0 Å². The number of para-hydroxylation sites is 2. The Hall–Kier alpha value is -1.42. The molecule has 0 fully saturated rings. The third-order valence-electron chi connectivity index (χ3n) is 3.00. The lowest BCUT2D eigenvalue weighted by atomic mass is 10.1. The molecule has 0 amide bonds. The van der Waals surface area contributed by atoms with Crippen LogP contribution in [-0.4, -0.2) is 14.5 Å². The molecule has 96 valence electrons. The van der Waals surface area contributed by atoms with Gasteiger partial charge in [0.2, 0.25) is 0 Å². The number of hydrogen-bond acceptors (Lipinski definition) is 2. The summed E-state index contributed by atoms with van der Waals surface area (Å²) in [4.78, 5) is 5.12. The molecule has 0 aliphatic rings. The molecule has 1 heterocycles. The van der Waals surface area contributed by atoms with Crippen molar-refractivity contribution in [2.75, 3.05) is 0 Å². The Balaban J connectivity index is 2.40. The van der Waals surface area contributed by atoms with Crippen molar-refractivity contribution in [1.29, 1.82) is 0 Å². The van der Waals surface area contributed by atoms with E-state index in [0.717, 1.165) is 24.3 Å². The van der Waals surface area contributed by atoms with Gasteiger partial charge in [0.15, 0.2) is 0 Å². The van der Waals surface area contributed by atoms with Crippen LogP contribution >= 0.6 is 12.2 Å². The number of imidazole rings is 1. The highest BCUT2D eigenvalue weighted by Gasteiger charge is 2.11. The summed E-state index contributed by atoms with van der Waals surface area (Å²) in [5.41, 5.74) is 7.84. The number of nitrogens with zero attached hydrogens (tertiary/aromatic N) is 2. The van der Waals surface area contributed by atoms with Crippen LogP contribution in [0.5, 0.6) is 0 Å². The quantitative estimate of drug-likeness (QED) is 0.842. The number of rotatable bonds is 5. The molecule has 2 aromatic rings. The van der Waals surface area contributed by atoms with Crippen LogP contribution in [0.15, 0.2) is 24.3 Å². The van der Waals surface area contributed by atoms with Crippen molar-refractivity contribution in [1.82, 2.24) is 9.55 Å². The molecule has 0 aliphatic carbocycles. The van der Waals surface area contributed by atoms with Crippen LogP contribution in [0.1, 0.15) is 26.1 Å². The lowest BCUT2D eigenvalue weighted by Gasteiger charge is -2.10. The number of fused-ring (bicyclic) bond motifs is 1. The maximum atomic E-state index is 5.65. The van der Waals surface area contributed by atoms with Crippen LogP contribution in [0.3, 0.4) is 0 Å². The van der Waals surface area contributed by atoms with E-state index in [9.17, 15) is 0 Å². The minimum atomic E-state index is 0.496. The predicted octanol–water partition coefficient (Wildman–Crippen LogP) is 2.91. The van der Waals surface area contributed by atoms with E-state index in [2.05, 4.69) is 29.5 Å². The van der Waals surface area contributed by atoms with E-state index in [4.69, 9.17) is 18.0 Å². The maximum absolute atomic E-state index is 5.65. The first kappa shape index (κ1) is 13.0. The first-order chi connectivity index (χ1) is 8.58. The summed E-state index contributed by atoms with van der Waals surface area (Å²) in [6, 6.07) is 8.18. The predicted molar refractivity (Wildman–Crippen MR) is 79.7 cm³/mol. The van der Waals surface area contributed by atoms with Crippen LogP contribution in [0.4, 0.5) is 0 Å². The molecule has 4 heteroatoms. The normalized spacial score (nSPS) is 11.3. The molecule has 0 saturated heterocycles. The number of nitrogens with two attached hydrogens (primary N) is 1. The molecule has 0 spiro atoms. The Labute approximate surface area is 113 Å². The highest BCUT2D eigenvalue weighted by molar-refractivity contribution is 7.80. The molecule has 0 aliphatic heterocycles. The summed E-state index contributed by atoms with van der Waals surface area (Å²) in [5, 5.41) is 0. The van der Waals surface area contributed by atoms with E-state index in [0.29, 0.717) is 17.3 Å². The first-order valence-electron chi connectivity index (χ1n) is 6.30. The van der Waals surface area contributed by atoms with Crippen molar-refractivity contribution in [3.05, 3.63) is 30.1 Å². The highest BCUT2D eigenvalue weighted by atomic mass is 32.1. The van der Waals surface area contributed by atoms with Gasteiger partial charge in [0.1, 0.15) is 5.82 Å². The summed E-state index contributed by atoms with van der Waals surface area (Å²) in [7, 11) is 0. The van der Waals surface area contributed by atoms with Gasteiger partial charge in [0, 0.05) is 6.54 Å². The highest BCUT2D eigenvalue weighted by Crippen LogP contribution is 2.18. The number of thiocarbonyl (C=S) groups is 1. The lowest BCUT2D eigenvalue weighted by Crippen LogP contribution is -2.16. The molecular formula is C14H19N3S. The number of aromatic nitrogens is 2. The minimum absolute atomic E-state index is 0.496. The summed E-state index contributed by atoms with van der Waals surface area (Å²) in [5.74, 6) is 1.65. The van der Waals surface area contributed by atoms with E-state index in [-0.39, 0.29) is 0 Å². The van der Waals surface area contributed by atoms with E-state index in [1.165, 1.54) is 5.52 Å². The van der Waals surface area contributed by atoms with Gasteiger partial charge >= 0.3 is 0 Å². The van der Waals surface area contributed by atoms with Crippen LogP contribution in [0.25, 0.3) is 11.0 Å². The van der Waals surface area contributed by atoms with Crippen LogP contribution in [0.2, 0.25) is 0 Å². The van der Waals surface area contributed by atoms with Gasteiger partial charge in [-0.15, -0.1) is 0 Å². The third kappa shape index (κ3) is 2.88. The SMILES string of the molecule is CC(C)CCn1c(CC(N)=S)nc2ccccc21. The number of aryl methyl sites for hydroxylation is 1. The van der Waals surface area contributed by atoms with E-state index < -0.39 is 0 Å². The third-order valence-corrected chi connectivity index (χ3v) is 3.14. The fourth-order valence-electron chi connectivity index (χ4n) is 2.05. The van der Waals surface area contributed by atoms with Crippen molar-refractivity contribution >= 4 is 28.2 Å². The van der Waals surface area contributed by atoms with Gasteiger partial charge in [-0.1, -0.05) is 38.2 Å². The van der Waals surface area contributed by atoms with Crippen molar-refractivity contribution in [3.63, 3.8) is 0 Å². The molecule has 2 N–H and O–H groups in total. The van der Waals surface area contributed by atoms with Crippen molar-refractivity contribution < 1.29 is 0 Å². The molecule has 3 nitrogen and oxygen atoms in total. The molecule has 2 rings (SSSR count). The number of hydrogen-bond donors (Lipinski definition) is 1. The smallest absolute Gasteiger partial charge is 0.116 e. The van der Waals surface area contributed by atoms with Crippen molar-refractivity contribution in [2.24, 2.45) is 11.7 Å². The molecule has 0 atom stereocenters. The largest absolute Gasteiger partial charge is 0.393 e. The van der Waals surface area contributed by atoms with Crippen molar-refractivity contribution in [2.45, 2.75) is 33.2 Å². The zero-order valence-corrected chi connectivity index (χ0v) is 11.7. The zero-order chi connectivity index (χ0) is 13.1. The van der Waals surface area contributed by atoms with Crippen LogP contribution in [-0.2, 0) is 13.0 Å². The fourth-order valence-corrected chi connectivity index (χ4v) is 2.18. The molecule has 0 unspecified atom stereocenters. The van der Waals surface area contributed by atoms with Crippen LogP contribution in [0, 0.1) is 5.92 Å². The van der Waals surface area contributed by atoms with E-state index >= 15 is 0 Å². The average Bonchev–Trinajstić information content (AvgIpc) is 2.62. The standard InChI is InChI=1S/C14H19N3S/c1-10(2)7-8-17-12-6-4-3-5-11(12)16-14(17)9-13(15)18/h3-6,10H,7-9H2,1-2H3,(H2,15,18). The average molecular weight is 261 g/mol. The Morgan fingerprint density at radius 3 is 2.78 bits per heavy atom. The summed E-state index contributed by atoms with van der Waals surface area (Å²) in [6.45, 7) is 5.43. The second-order valence-electron chi connectivity index (χ2n) is 4.99. The minimum Gasteiger partial charge on any atom is -0.393 e. The van der Waals surface area contributed by atoms with Gasteiger partial charge in [-0.25, -0.2) is 4.98 Å². The molecule has 18 heavy (non-hydrogen) atoms. The van der Waals surface area contributed by atoms with Crippen molar-refractivity contribution in [3.8, 4) is 0 Å². The second kappa shape index (κ2) is 5.48. The van der Waals surface area contributed by atoms with Gasteiger partial charge < -0.3 is 10.3 Å². The summed E-state index contributed by atoms with van der Waals surface area (Å²) >= 11 is 5.00. The first-order valence-corrected chi connectivity index (χ1v) is 6.71. The van der Waals surface area contributed by atoms with E-state index in [1.807, 2.05) is 18.2 Å². The van der Waals surface area contributed by atoms with Gasteiger partial charge in [0.25, 0.3) is 0 Å². The van der Waals surface area contributed by atoms with E-state index in [1.54, 1.807) is 0 Å². The van der Waals surface area contributed by atoms with Crippen LogP contribution < -0.4 is 5.73 Å². The maximum Gasteiger partial charge on any atom is 0.116 e. The monoisotopic (exact) mass is 261 g/mol. The Morgan fingerprint density at radius 1 is 1.39 bits per heavy atom. The molecule has 0 radical (unpaired) electrons. The molecule has 0 bridgehead atoms. The second-order valence-corrected chi connectivity index (χ2v) is 5.52. The topological polar surface area (TPSA) is 43.8 Å². The molecule has 1 aromatic heterocycles. The zero-order valence-electron chi connectivity index (χ0n) is 10.9. The summed E-state index contributed by atoms with van der Waals surface area (Å²) < 4.78 is 2.24. The van der Waals surface area contributed by atoms with Gasteiger partial charge in [0.05, 0.1) is 22.4 Å². The fraction of sp³-hybridized carbons (Fsp3) is 0.429. The molecular weight excluding hydrogens is 242 g/mol. The Bertz CT molecular complexity index is 557. The Kier molecular flexibility index (Phi) is 3.97. The number of benzene rings is 1. The van der Waals surface area contributed by atoms with Gasteiger partial charge in [-0.05, 0) is 24.5 Å². The summed E-state index contributed by atoms with van der Waals surface area (Å²) in [6.07, 6.45) is 1.70. The molecule has 1 aromatic carbocycles. The Morgan fingerprint density at radius 2 is 2.11 bits per heavy atom. The molecule has 0 saturated carbocycles. The lowest BCUT2D eigenvalue weighted by molar-refractivity contribution is 0.515.